The molecule has 1 aromatic rings. The van der Waals surface area contributed by atoms with E-state index in [-0.39, 0.29) is 12.8 Å². The number of halogens is 3. The van der Waals surface area contributed by atoms with Crippen molar-refractivity contribution in [3.63, 3.8) is 0 Å². The molecule has 1 aromatic carbocycles. The zero-order valence-corrected chi connectivity index (χ0v) is 11.4. The van der Waals surface area contributed by atoms with Gasteiger partial charge in [-0.3, -0.25) is 9.59 Å². The molecule has 1 fully saturated rings. The van der Waals surface area contributed by atoms with Crippen LogP contribution in [-0.2, 0) is 11.0 Å². The van der Waals surface area contributed by atoms with E-state index in [1.807, 2.05) is 0 Å². The first-order valence-electron chi connectivity index (χ1n) is 6.39. The summed E-state index contributed by atoms with van der Waals surface area (Å²) in [5, 5.41) is 0. The number of anilines is 1. The number of carbonyl (C=O) groups is 2. The second-order valence-corrected chi connectivity index (χ2v) is 5.48. The van der Waals surface area contributed by atoms with E-state index in [9.17, 15) is 22.8 Å². The van der Waals surface area contributed by atoms with E-state index < -0.39 is 28.6 Å². The highest BCUT2D eigenvalue weighted by Gasteiger charge is 2.40. The minimum Gasteiger partial charge on any atom is -0.370 e. The molecule has 2 rings (SSSR count). The minimum absolute atomic E-state index is 0.185. The normalized spacial score (nSPS) is 22.4. The van der Waals surface area contributed by atoms with Crippen LogP contribution in [0.1, 0.15) is 29.3 Å². The van der Waals surface area contributed by atoms with E-state index in [1.54, 1.807) is 11.8 Å². The van der Waals surface area contributed by atoms with Gasteiger partial charge in [0, 0.05) is 24.3 Å². The molecule has 4 nitrogen and oxygen atoms in total. The van der Waals surface area contributed by atoms with Gasteiger partial charge in [0.15, 0.2) is 6.29 Å². The Balaban J connectivity index is 2.35. The molecule has 0 radical (unpaired) electrons. The number of carbonyl (C=O) groups excluding carboxylic acids is 2. The molecule has 0 spiro atoms. The maximum absolute atomic E-state index is 12.9. The second kappa shape index (κ2) is 5.05. The van der Waals surface area contributed by atoms with Gasteiger partial charge in [-0.2, -0.15) is 13.2 Å². The van der Waals surface area contributed by atoms with Gasteiger partial charge in [0.1, 0.15) is 0 Å². The molecular weight excluding hydrogens is 285 g/mol. The standard InChI is InChI=1S/C14H15F3N2O2/c1-13(12(18)21)4-5-19(8-13)10-3-2-9(7-20)11(6-10)14(15,16)17/h2-3,6-7H,4-5,8H2,1H3,(H2,18,21). The highest BCUT2D eigenvalue weighted by atomic mass is 19.4. The third-order valence-electron chi connectivity index (χ3n) is 3.90. The molecule has 114 valence electrons. The molecule has 0 bridgehead atoms. The molecule has 2 N–H and O–H groups in total. The highest BCUT2D eigenvalue weighted by Crippen LogP contribution is 2.37. The zero-order valence-electron chi connectivity index (χ0n) is 11.4. The van der Waals surface area contributed by atoms with E-state index in [0.717, 1.165) is 12.1 Å². The topological polar surface area (TPSA) is 63.4 Å². The molecule has 1 amide bonds. The number of hydrogen-bond donors (Lipinski definition) is 1. The average molecular weight is 300 g/mol. The van der Waals surface area contributed by atoms with E-state index in [4.69, 9.17) is 5.73 Å². The number of hydrogen-bond acceptors (Lipinski definition) is 3. The Labute approximate surface area is 119 Å². The van der Waals surface area contributed by atoms with Crippen LogP contribution >= 0.6 is 0 Å². The highest BCUT2D eigenvalue weighted by molar-refractivity contribution is 5.82. The van der Waals surface area contributed by atoms with Crippen molar-refractivity contribution < 1.29 is 22.8 Å². The smallest absolute Gasteiger partial charge is 0.370 e. The number of primary amides is 1. The molecule has 1 aliphatic rings. The third kappa shape index (κ3) is 2.86. The summed E-state index contributed by atoms with van der Waals surface area (Å²) in [6.45, 7) is 2.40. The average Bonchev–Trinajstić information content (AvgIpc) is 2.81. The van der Waals surface area contributed by atoms with E-state index in [1.165, 1.54) is 6.07 Å². The Kier molecular flexibility index (Phi) is 3.69. The summed E-state index contributed by atoms with van der Waals surface area (Å²) in [4.78, 5) is 23.8. The lowest BCUT2D eigenvalue weighted by Gasteiger charge is -2.23. The first-order chi connectivity index (χ1) is 9.67. The summed E-state index contributed by atoms with van der Waals surface area (Å²) < 4.78 is 38.8. The van der Waals surface area contributed by atoms with Crippen molar-refractivity contribution >= 4 is 17.9 Å². The third-order valence-corrected chi connectivity index (χ3v) is 3.90. The number of nitrogens with two attached hydrogens (primary N) is 1. The van der Waals surface area contributed by atoms with Gasteiger partial charge in [-0.15, -0.1) is 0 Å². The van der Waals surface area contributed by atoms with Crippen molar-refractivity contribution in [2.24, 2.45) is 11.1 Å². The Morgan fingerprint density at radius 1 is 1.43 bits per heavy atom. The van der Waals surface area contributed by atoms with Gasteiger partial charge in [-0.1, -0.05) is 0 Å². The van der Waals surface area contributed by atoms with Crippen LogP contribution in [-0.4, -0.2) is 25.3 Å². The minimum atomic E-state index is -4.60. The fourth-order valence-corrected chi connectivity index (χ4v) is 2.47. The van der Waals surface area contributed by atoms with E-state index in [2.05, 4.69) is 0 Å². The van der Waals surface area contributed by atoms with Crippen LogP contribution in [0, 0.1) is 5.41 Å². The maximum Gasteiger partial charge on any atom is 0.417 e. The second-order valence-electron chi connectivity index (χ2n) is 5.48. The summed E-state index contributed by atoms with van der Waals surface area (Å²) in [5.41, 5.74) is 3.54. The quantitative estimate of drug-likeness (QED) is 0.871. The van der Waals surface area contributed by atoms with Crippen molar-refractivity contribution in [3.8, 4) is 0 Å². The van der Waals surface area contributed by atoms with Crippen molar-refractivity contribution in [2.75, 3.05) is 18.0 Å². The van der Waals surface area contributed by atoms with Crippen LogP contribution in [0.15, 0.2) is 18.2 Å². The first-order valence-corrected chi connectivity index (χ1v) is 6.39. The Morgan fingerprint density at radius 3 is 2.57 bits per heavy atom. The first kappa shape index (κ1) is 15.3. The molecule has 1 heterocycles. The number of aldehydes is 1. The van der Waals surface area contributed by atoms with Crippen LogP contribution in [0.2, 0.25) is 0 Å². The predicted octanol–water partition coefficient (Wildman–Crippen LogP) is 2.22. The molecular formula is C14H15F3N2O2. The Morgan fingerprint density at radius 2 is 2.10 bits per heavy atom. The van der Waals surface area contributed by atoms with Gasteiger partial charge >= 0.3 is 6.18 Å². The number of alkyl halides is 3. The lowest BCUT2D eigenvalue weighted by atomic mass is 9.89. The molecule has 1 atom stereocenters. The summed E-state index contributed by atoms with van der Waals surface area (Å²) in [6, 6.07) is 3.53. The Bertz CT molecular complexity index is 586. The molecule has 7 heteroatoms. The van der Waals surface area contributed by atoms with Gasteiger partial charge in [0.25, 0.3) is 0 Å². The lowest BCUT2D eigenvalue weighted by Crippen LogP contribution is -2.37. The molecule has 1 aliphatic heterocycles. The van der Waals surface area contributed by atoms with Crippen LogP contribution in [0.3, 0.4) is 0 Å². The van der Waals surface area contributed by atoms with E-state index >= 15 is 0 Å². The predicted molar refractivity (Wildman–Crippen MR) is 71.0 cm³/mol. The van der Waals surface area contributed by atoms with Crippen LogP contribution in [0.4, 0.5) is 18.9 Å². The number of benzene rings is 1. The molecule has 21 heavy (non-hydrogen) atoms. The molecule has 1 unspecified atom stereocenters. The summed E-state index contributed by atoms with van der Waals surface area (Å²) >= 11 is 0. The SMILES string of the molecule is CC1(C(N)=O)CCN(c2ccc(C=O)c(C(F)(F)F)c2)C1. The zero-order chi connectivity index (χ0) is 15.8. The molecule has 0 saturated carbocycles. The molecule has 0 aromatic heterocycles. The largest absolute Gasteiger partial charge is 0.417 e. The fraction of sp³-hybridized carbons (Fsp3) is 0.429. The van der Waals surface area contributed by atoms with Gasteiger partial charge in [-0.05, 0) is 31.5 Å². The van der Waals surface area contributed by atoms with Crippen LogP contribution in [0.5, 0.6) is 0 Å². The van der Waals surface area contributed by atoms with Crippen LogP contribution in [0.25, 0.3) is 0 Å². The molecule has 1 saturated heterocycles. The summed E-state index contributed by atoms with van der Waals surface area (Å²) in [5.74, 6) is -0.467. The van der Waals surface area contributed by atoms with Gasteiger partial charge in [0.2, 0.25) is 5.91 Å². The van der Waals surface area contributed by atoms with Crippen LogP contribution < -0.4 is 10.6 Å². The van der Waals surface area contributed by atoms with Crippen molar-refractivity contribution in [2.45, 2.75) is 19.5 Å². The van der Waals surface area contributed by atoms with Gasteiger partial charge in [-0.25, -0.2) is 0 Å². The fourth-order valence-electron chi connectivity index (χ4n) is 2.47. The number of rotatable bonds is 3. The monoisotopic (exact) mass is 300 g/mol. The van der Waals surface area contributed by atoms with Crippen molar-refractivity contribution in [1.82, 2.24) is 0 Å². The van der Waals surface area contributed by atoms with Crippen molar-refractivity contribution in [3.05, 3.63) is 29.3 Å². The van der Waals surface area contributed by atoms with Crippen molar-refractivity contribution in [1.29, 1.82) is 0 Å². The molecule has 0 aliphatic carbocycles. The van der Waals surface area contributed by atoms with Gasteiger partial charge in [0.05, 0.1) is 11.0 Å². The number of amides is 1. The van der Waals surface area contributed by atoms with Gasteiger partial charge < -0.3 is 10.6 Å². The summed E-state index contributed by atoms with van der Waals surface area (Å²) in [6.07, 6.45) is -3.93. The lowest BCUT2D eigenvalue weighted by molar-refractivity contribution is -0.137. The van der Waals surface area contributed by atoms with E-state index in [0.29, 0.717) is 18.7 Å². The number of nitrogens with zero attached hydrogens (tertiary/aromatic N) is 1. The maximum atomic E-state index is 12.9. The Hall–Kier alpha value is -2.05. The summed E-state index contributed by atoms with van der Waals surface area (Å²) in [7, 11) is 0.